The molecule has 0 fully saturated rings. The molecule has 2 aromatic carbocycles. The molecular formula is C20H12FN3O2S. The second kappa shape index (κ2) is 5.85. The molecule has 0 saturated heterocycles. The van der Waals surface area contributed by atoms with Gasteiger partial charge in [0.2, 0.25) is 10.8 Å². The molecule has 5 aromatic rings. The number of thiazole rings is 1. The molecular weight excluding hydrogens is 365 g/mol. The quantitative estimate of drug-likeness (QED) is 0.472. The molecule has 0 spiro atoms. The first kappa shape index (κ1) is 15.9. The number of aromatic nitrogens is 3. The Kier molecular flexibility index (Phi) is 3.45. The Hall–Kier alpha value is -3.32. The highest BCUT2D eigenvalue weighted by Crippen LogP contribution is 2.31. The maximum Gasteiger partial charge on any atom is 0.291 e. The Bertz CT molecular complexity index is 1430. The fourth-order valence-corrected chi connectivity index (χ4v) is 3.97. The highest BCUT2D eigenvalue weighted by atomic mass is 32.1. The number of nitrogens with zero attached hydrogens (tertiary/aromatic N) is 3. The first-order chi connectivity index (χ1) is 13.1. The fraction of sp³-hybridized carbons (Fsp3) is 0.0500. The Morgan fingerprint density at radius 3 is 2.81 bits per heavy atom. The molecule has 5 nitrogen and oxygen atoms in total. The van der Waals surface area contributed by atoms with Crippen LogP contribution in [-0.2, 0) is 0 Å². The maximum absolute atomic E-state index is 13.3. The average Bonchev–Trinajstić information content (AvgIpc) is 3.29. The van der Waals surface area contributed by atoms with Gasteiger partial charge in [-0.2, -0.15) is 9.50 Å². The van der Waals surface area contributed by atoms with Gasteiger partial charge in [-0.3, -0.25) is 4.79 Å². The van der Waals surface area contributed by atoms with Crippen molar-refractivity contribution in [2.75, 3.05) is 0 Å². The molecule has 3 aromatic heterocycles. The zero-order chi connectivity index (χ0) is 18.5. The minimum absolute atomic E-state index is 0.285. The third kappa shape index (κ3) is 2.55. The third-order valence-corrected chi connectivity index (χ3v) is 5.33. The van der Waals surface area contributed by atoms with E-state index in [2.05, 4.69) is 10.1 Å². The van der Waals surface area contributed by atoms with Gasteiger partial charge in [-0.1, -0.05) is 41.7 Å². The van der Waals surface area contributed by atoms with Crippen LogP contribution in [0.1, 0.15) is 11.1 Å². The second-order valence-electron chi connectivity index (χ2n) is 6.15. The van der Waals surface area contributed by atoms with Crippen LogP contribution in [-0.4, -0.2) is 14.6 Å². The van der Waals surface area contributed by atoms with E-state index in [0.717, 1.165) is 16.5 Å². The minimum atomic E-state index is -0.349. The summed E-state index contributed by atoms with van der Waals surface area (Å²) in [5, 5.41) is 5.33. The van der Waals surface area contributed by atoms with Crippen LogP contribution in [0.15, 0.2) is 57.7 Å². The van der Waals surface area contributed by atoms with E-state index in [1.54, 1.807) is 18.2 Å². The molecule has 0 aliphatic heterocycles. The van der Waals surface area contributed by atoms with Gasteiger partial charge >= 0.3 is 0 Å². The molecule has 5 rings (SSSR count). The molecule has 0 amide bonds. The summed E-state index contributed by atoms with van der Waals surface area (Å²) in [4.78, 5) is 17.6. The highest BCUT2D eigenvalue weighted by molar-refractivity contribution is 7.15. The topological polar surface area (TPSA) is 60.4 Å². The third-order valence-electron chi connectivity index (χ3n) is 4.38. The lowest BCUT2D eigenvalue weighted by molar-refractivity contribution is 0.622. The molecule has 0 atom stereocenters. The van der Waals surface area contributed by atoms with E-state index in [1.807, 2.05) is 31.2 Å². The van der Waals surface area contributed by atoms with Crippen molar-refractivity contribution >= 4 is 33.3 Å². The van der Waals surface area contributed by atoms with Gasteiger partial charge < -0.3 is 4.42 Å². The van der Waals surface area contributed by atoms with Crippen molar-refractivity contribution in [1.29, 1.82) is 0 Å². The van der Waals surface area contributed by atoms with Crippen molar-refractivity contribution in [3.63, 3.8) is 0 Å². The zero-order valence-electron chi connectivity index (χ0n) is 14.1. The van der Waals surface area contributed by atoms with Crippen LogP contribution >= 0.6 is 11.3 Å². The summed E-state index contributed by atoms with van der Waals surface area (Å²) in [5.74, 6) is 0.588. The molecule has 3 heterocycles. The first-order valence-electron chi connectivity index (χ1n) is 8.25. The molecule has 132 valence electrons. The lowest BCUT2D eigenvalue weighted by atomic mass is 10.1. The number of rotatable bonds is 2. The van der Waals surface area contributed by atoms with Crippen molar-refractivity contribution in [1.82, 2.24) is 14.6 Å². The van der Waals surface area contributed by atoms with E-state index in [-0.39, 0.29) is 11.4 Å². The smallest absolute Gasteiger partial charge is 0.291 e. The number of hydrogen-bond donors (Lipinski definition) is 0. The lowest BCUT2D eigenvalue weighted by Crippen LogP contribution is -2.23. The second-order valence-corrected chi connectivity index (χ2v) is 7.16. The summed E-state index contributed by atoms with van der Waals surface area (Å²) in [7, 11) is 0. The Balaban J connectivity index is 1.65. The number of hydrogen-bond acceptors (Lipinski definition) is 5. The largest absolute Gasteiger partial charge is 0.452 e. The van der Waals surface area contributed by atoms with Crippen molar-refractivity contribution in [3.05, 3.63) is 80.4 Å². The minimum Gasteiger partial charge on any atom is -0.452 e. The number of aryl methyl sites for hydroxylation is 1. The van der Waals surface area contributed by atoms with Gasteiger partial charge in [-0.05, 0) is 36.8 Å². The predicted octanol–water partition coefficient (Wildman–Crippen LogP) is 3.56. The number of furan rings is 1. The van der Waals surface area contributed by atoms with Crippen molar-refractivity contribution in [2.24, 2.45) is 0 Å². The molecule has 27 heavy (non-hydrogen) atoms. The van der Waals surface area contributed by atoms with Crippen LogP contribution in [0.4, 0.5) is 4.39 Å². The molecule has 0 N–H and O–H groups in total. The molecule has 7 heteroatoms. The maximum atomic E-state index is 13.3. The van der Waals surface area contributed by atoms with E-state index in [9.17, 15) is 9.18 Å². The Morgan fingerprint density at radius 1 is 1.19 bits per heavy atom. The van der Waals surface area contributed by atoms with E-state index in [0.29, 0.717) is 26.6 Å². The summed E-state index contributed by atoms with van der Waals surface area (Å²) in [6.45, 7) is 1.94. The van der Waals surface area contributed by atoms with Crippen LogP contribution in [0.25, 0.3) is 33.6 Å². The van der Waals surface area contributed by atoms with Crippen molar-refractivity contribution in [3.8, 4) is 11.6 Å². The van der Waals surface area contributed by atoms with E-state index in [1.165, 1.54) is 28.0 Å². The van der Waals surface area contributed by atoms with Crippen LogP contribution in [0, 0.1) is 12.7 Å². The zero-order valence-corrected chi connectivity index (χ0v) is 15.0. The van der Waals surface area contributed by atoms with Crippen molar-refractivity contribution < 1.29 is 8.81 Å². The van der Waals surface area contributed by atoms with E-state index < -0.39 is 0 Å². The van der Waals surface area contributed by atoms with Gasteiger partial charge in [0.1, 0.15) is 11.4 Å². The van der Waals surface area contributed by atoms with Crippen LogP contribution in [0.2, 0.25) is 0 Å². The van der Waals surface area contributed by atoms with Gasteiger partial charge in [-0.15, -0.1) is 5.10 Å². The monoisotopic (exact) mass is 377 g/mol. The van der Waals surface area contributed by atoms with Gasteiger partial charge in [0.15, 0.2) is 5.76 Å². The molecule has 0 aliphatic carbocycles. The predicted molar refractivity (Wildman–Crippen MR) is 102 cm³/mol. The Morgan fingerprint density at radius 2 is 2.04 bits per heavy atom. The summed E-state index contributed by atoms with van der Waals surface area (Å²) in [6, 6.07) is 13.8. The summed E-state index contributed by atoms with van der Waals surface area (Å²) in [5.41, 5.74) is 2.02. The van der Waals surface area contributed by atoms with Crippen LogP contribution in [0.5, 0.6) is 0 Å². The van der Waals surface area contributed by atoms with Crippen LogP contribution < -0.4 is 10.1 Å². The van der Waals surface area contributed by atoms with Gasteiger partial charge in [0.25, 0.3) is 5.56 Å². The highest BCUT2D eigenvalue weighted by Gasteiger charge is 2.18. The number of para-hydroxylation sites is 1. The van der Waals surface area contributed by atoms with Crippen molar-refractivity contribution in [2.45, 2.75) is 6.92 Å². The standard InChI is InChI=1S/C20H12FN3O2S/c1-11-14-7-2-3-8-15(14)26-17(11)18-22-20-24(23-18)19(25)16(27-20)10-12-5-4-6-13(21)9-12/h2-10H,1H3. The summed E-state index contributed by atoms with van der Waals surface area (Å²) in [6.07, 6.45) is 1.64. The summed E-state index contributed by atoms with van der Waals surface area (Å²) < 4.78 is 20.9. The average molecular weight is 377 g/mol. The summed E-state index contributed by atoms with van der Waals surface area (Å²) >= 11 is 1.21. The van der Waals surface area contributed by atoms with Crippen LogP contribution in [0.3, 0.4) is 0 Å². The molecule has 0 saturated carbocycles. The molecule has 0 radical (unpaired) electrons. The lowest BCUT2D eigenvalue weighted by Gasteiger charge is -1.91. The Labute approximate surface area is 156 Å². The van der Waals surface area contributed by atoms with Gasteiger partial charge in [0.05, 0.1) is 4.53 Å². The first-order valence-corrected chi connectivity index (χ1v) is 9.07. The number of fused-ring (bicyclic) bond motifs is 2. The van der Waals surface area contributed by atoms with Gasteiger partial charge in [0, 0.05) is 10.9 Å². The van der Waals surface area contributed by atoms with Gasteiger partial charge in [-0.25, -0.2) is 4.39 Å². The number of benzene rings is 2. The normalized spacial score (nSPS) is 12.4. The number of halogens is 1. The molecule has 0 unspecified atom stereocenters. The fourth-order valence-electron chi connectivity index (χ4n) is 3.07. The van der Waals surface area contributed by atoms with E-state index in [4.69, 9.17) is 4.42 Å². The molecule has 0 aliphatic rings. The van der Waals surface area contributed by atoms with E-state index >= 15 is 0 Å². The SMILES string of the molecule is Cc1c(-c2nc3sc(=Cc4cccc(F)c4)c(=O)n3n2)oc2ccccc12. The molecule has 0 bridgehead atoms.